The summed E-state index contributed by atoms with van der Waals surface area (Å²) in [6, 6.07) is 21.2. The highest BCUT2D eigenvalue weighted by Crippen LogP contribution is 2.48. The van der Waals surface area contributed by atoms with Gasteiger partial charge in [0.05, 0.1) is 12.7 Å². The van der Waals surface area contributed by atoms with Crippen molar-refractivity contribution >= 4 is 5.65 Å². The molecule has 33 heavy (non-hydrogen) atoms. The summed E-state index contributed by atoms with van der Waals surface area (Å²) in [4.78, 5) is 9.44. The predicted molar refractivity (Wildman–Crippen MR) is 123 cm³/mol. The van der Waals surface area contributed by atoms with Crippen molar-refractivity contribution in [3.05, 3.63) is 95.3 Å². The van der Waals surface area contributed by atoms with Crippen LogP contribution >= 0.6 is 0 Å². The number of nitrogens with zero attached hydrogens (tertiary/aromatic N) is 4. The van der Waals surface area contributed by atoms with Crippen LogP contribution in [0.4, 0.5) is 0 Å². The number of fused-ring (bicyclic) bond motifs is 4. The largest absolute Gasteiger partial charge is 0.508 e. The van der Waals surface area contributed by atoms with Gasteiger partial charge in [0.15, 0.2) is 11.5 Å². The molecular formula is C26H20N4O3. The molecule has 5 aromatic rings. The van der Waals surface area contributed by atoms with Crippen molar-refractivity contribution in [1.82, 2.24) is 19.6 Å². The second kappa shape index (κ2) is 7.34. The Kier molecular flexibility index (Phi) is 4.29. The summed E-state index contributed by atoms with van der Waals surface area (Å²) in [5, 5.41) is 14.7. The van der Waals surface area contributed by atoms with Crippen LogP contribution in [0.25, 0.3) is 17.0 Å². The van der Waals surface area contributed by atoms with E-state index in [1.807, 2.05) is 55.5 Å². The summed E-state index contributed by atoms with van der Waals surface area (Å²) in [6.45, 7) is 2.04. The minimum atomic E-state index is -0.207. The van der Waals surface area contributed by atoms with Crippen molar-refractivity contribution in [3.8, 4) is 34.5 Å². The Labute approximate surface area is 189 Å². The Hall–Kier alpha value is -4.39. The smallest absolute Gasteiger partial charge is 0.228 e. The molecule has 3 aromatic carbocycles. The van der Waals surface area contributed by atoms with Crippen molar-refractivity contribution < 1.29 is 14.6 Å². The number of aryl methyl sites for hydroxylation is 1. The van der Waals surface area contributed by atoms with Crippen LogP contribution in [0, 0.1) is 6.92 Å². The Morgan fingerprint density at radius 3 is 2.67 bits per heavy atom. The number of ether oxygens (including phenoxy) is 2. The minimum absolute atomic E-state index is 0.135. The number of benzene rings is 3. The number of hydrogen-bond acceptors (Lipinski definition) is 6. The van der Waals surface area contributed by atoms with Gasteiger partial charge in [-0.05, 0) is 36.8 Å². The molecule has 3 heterocycles. The molecule has 2 aromatic heterocycles. The lowest BCUT2D eigenvalue weighted by molar-refractivity contribution is 0.414. The van der Waals surface area contributed by atoms with Crippen molar-refractivity contribution in [1.29, 1.82) is 0 Å². The molecule has 0 unspecified atom stereocenters. The van der Waals surface area contributed by atoms with Gasteiger partial charge in [-0.1, -0.05) is 42.0 Å². The van der Waals surface area contributed by atoms with Crippen LogP contribution < -0.4 is 9.47 Å². The number of hydrogen-bond donors (Lipinski definition) is 1. The fourth-order valence-electron chi connectivity index (χ4n) is 4.35. The van der Waals surface area contributed by atoms with E-state index in [1.165, 1.54) is 0 Å². The van der Waals surface area contributed by atoms with E-state index in [4.69, 9.17) is 14.5 Å². The second-order valence-corrected chi connectivity index (χ2v) is 8.07. The first kappa shape index (κ1) is 19.3. The SMILES string of the molecule is COc1ccc([C@H]2c3ccc(O)cc3Oc3ncn4nc(-c5cccc(C)c5)nc4c32)cc1. The lowest BCUT2D eigenvalue weighted by Gasteiger charge is -2.28. The fourth-order valence-corrected chi connectivity index (χ4v) is 4.35. The van der Waals surface area contributed by atoms with Crippen LogP contribution in [-0.2, 0) is 0 Å². The van der Waals surface area contributed by atoms with Crippen molar-refractivity contribution in [2.45, 2.75) is 12.8 Å². The maximum absolute atomic E-state index is 10.0. The lowest BCUT2D eigenvalue weighted by atomic mass is 9.84. The first-order valence-electron chi connectivity index (χ1n) is 10.6. The summed E-state index contributed by atoms with van der Waals surface area (Å²) in [5.74, 6) is 2.34. The van der Waals surface area contributed by atoms with Gasteiger partial charge in [-0.15, -0.1) is 5.10 Å². The molecule has 0 fully saturated rings. The van der Waals surface area contributed by atoms with Crippen molar-refractivity contribution in [2.75, 3.05) is 7.11 Å². The van der Waals surface area contributed by atoms with E-state index in [2.05, 4.69) is 16.1 Å². The van der Waals surface area contributed by atoms with Gasteiger partial charge in [0.25, 0.3) is 0 Å². The van der Waals surface area contributed by atoms with Gasteiger partial charge in [-0.25, -0.2) is 14.5 Å². The third kappa shape index (κ3) is 3.17. The summed E-state index contributed by atoms with van der Waals surface area (Å²) in [7, 11) is 1.65. The van der Waals surface area contributed by atoms with Gasteiger partial charge < -0.3 is 14.6 Å². The Bertz CT molecular complexity index is 1510. The average Bonchev–Trinajstić information content (AvgIpc) is 3.27. The van der Waals surface area contributed by atoms with Crippen LogP contribution in [-0.4, -0.2) is 31.8 Å². The molecule has 0 amide bonds. The van der Waals surface area contributed by atoms with E-state index in [0.717, 1.165) is 33.6 Å². The average molecular weight is 436 g/mol. The molecule has 0 bridgehead atoms. The highest BCUT2D eigenvalue weighted by Gasteiger charge is 2.33. The summed E-state index contributed by atoms with van der Waals surface area (Å²) in [5.41, 5.74) is 5.53. The molecule has 0 radical (unpaired) electrons. The first-order chi connectivity index (χ1) is 16.1. The van der Waals surface area contributed by atoms with Crippen LogP contribution in [0.1, 0.15) is 28.2 Å². The van der Waals surface area contributed by atoms with Crippen molar-refractivity contribution in [2.24, 2.45) is 0 Å². The summed E-state index contributed by atoms with van der Waals surface area (Å²) in [6.07, 6.45) is 1.61. The van der Waals surface area contributed by atoms with Gasteiger partial charge in [0, 0.05) is 23.1 Å². The van der Waals surface area contributed by atoms with Crippen LogP contribution in [0.2, 0.25) is 0 Å². The van der Waals surface area contributed by atoms with Gasteiger partial charge in [-0.2, -0.15) is 0 Å². The second-order valence-electron chi connectivity index (χ2n) is 8.07. The lowest BCUT2D eigenvalue weighted by Crippen LogP contribution is -2.15. The summed E-state index contributed by atoms with van der Waals surface area (Å²) >= 11 is 0. The molecule has 6 rings (SSSR count). The zero-order valence-electron chi connectivity index (χ0n) is 18.1. The van der Waals surface area contributed by atoms with E-state index in [0.29, 0.717) is 23.1 Å². The van der Waals surface area contributed by atoms with E-state index in [1.54, 1.807) is 30.1 Å². The highest BCUT2D eigenvalue weighted by atomic mass is 16.5. The maximum Gasteiger partial charge on any atom is 0.228 e. The molecule has 1 aliphatic rings. The number of aromatic hydroxyl groups is 1. The Morgan fingerprint density at radius 2 is 1.88 bits per heavy atom. The number of phenols is 1. The van der Waals surface area contributed by atoms with Gasteiger partial charge >= 0.3 is 0 Å². The molecule has 7 heteroatoms. The fraction of sp³-hybridized carbons (Fsp3) is 0.115. The van der Waals surface area contributed by atoms with E-state index >= 15 is 0 Å². The number of aromatic nitrogens is 4. The highest BCUT2D eigenvalue weighted by molar-refractivity contribution is 5.69. The van der Waals surface area contributed by atoms with E-state index in [9.17, 15) is 5.11 Å². The van der Waals surface area contributed by atoms with Crippen LogP contribution in [0.5, 0.6) is 23.1 Å². The summed E-state index contributed by atoms with van der Waals surface area (Å²) < 4.78 is 13.2. The Balaban J connectivity index is 1.59. The molecule has 1 N–H and O–H groups in total. The van der Waals surface area contributed by atoms with Crippen molar-refractivity contribution in [3.63, 3.8) is 0 Å². The topological polar surface area (TPSA) is 81.8 Å². The molecule has 0 aliphatic carbocycles. The molecule has 1 atom stereocenters. The standard InChI is InChI=1S/C26H20N4O3/c1-15-4-3-5-17(12-15)24-28-25-23-22(16-6-9-19(32-2)10-7-16)20-11-8-18(31)13-21(20)33-26(23)27-14-30(25)29-24/h3-14,22,31H,1-2H3/t22-/m0/s1. The first-order valence-corrected chi connectivity index (χ1v) is 10.6. The quantitative estimate of drug-likeness (QED) is 0.416. The molecule has 0 saturated heterocycles. The van der Waals surface area contributed by atoms with Gasteiger partial charge in [0.1, 0.15) is 23.6 Å². The number of rotatable bonds is 3. The molecule has 1 aliphatic heterocycles. The van der Waals surface area contributed by atoms with Gasteiger partial charge in [-0.3, -0.25) is 0 Å². The molecule has 0 spiro atoms. The van der Waals surface area contributed by atoms with Crippen LogP contribution in [0.3, 0.4) is 0 Å². The Morgan fingerprint density at radius 1 is 1.03 bits per heavy atom. The van der Waals surface area contributed by atoms with E-state index in [-0.39, 0.29) is 11.7 Å². The molecule has 0 saturated carbocycles. The molecule has 162 valence electrons. The van der Waals surface area contributed by atoms with Gasteiger partial charge in [0.2, 0.25) is 5.88 Å². The number of methoxy groups -OCH3 is 1. The minimum Gasteiger partial charge on any atom is -0.508 e. The maximum atomic E-state index is 10.0. The predicted octanol–water partition coefficient (Wildman–Crippen LogP) is 5.10. The molecule has 7 nitrogen and oxygen atoms in total. The third-order valence-corrected chi connectivity index (χ3v) is 5.92. The zero-order valence-corrected chi connectivity index (χ0v) is 18.1. The third-order valence-electron chi connectivity index (χ3n) is 5.92. The van der Waals surface area contributed by atoms with E-state index < -0.39 is 0 Å². The number of phenolic OH excluding ortho intramolecular Hbond substituents is 1. The molecular weight excluding hydrogens is 416 g/mol. The zero-order chi connectivity index (χ0) is 22.5. The normalized spacial score (nSPS) is 14.4. The monoisotopic (exact) mass is 436 g/mol. The van der Waals surface area contributed by atoms with Crippen LogP contribution in [0.15, 0.2) is 73.1 Å².